The first-order valence-corrected chi connectivity index (χ1v) is 3.79. The molecule has 1 aromatic carbocycles. The molecule has 0 aliphatic carbocycles. The van der Waals surface area contributed by atoms with Crippen molar-refractivity contribution < 1.29 is 10.0 Å². The summed E-state index contributed by atoms with van der Waals surface area (Å²) in [7, 11) is 0. The van der Waals surface area contributed by atoms with Gasteiger partial charge in [0.15, 0.2) is 0 Å². The number of hydroxylamine groups is 2. The van der Waals surface area contributed by atoms with Crippen molar-refractivity contribution in [2.75, 3.05) is 0 Å². The normalized spacial score (nSPS) is 15.2. The van der Waals surface area contributed by atoms with E-state index in [-0.39, 0.29) is 5.91 Å². The van der Waals surface area contributed by atoms with Crippen molar-refractivity contribution in [2.45, 2.75) is 13.5 Å². The predicted molar refractivity (Wildman–Crippen MR) is 42.8 cm³/mol. The van der Waals surface area contributed by atoms with E-state index in [9.17, 15) is 4.79 Å². The van der Waals surface area contributed by atoms with Gasteiger partial charge in [-0.05, 0) is 18.1 Å². The second-order valence-electron chi connectivity index (χ2n) is 2.97. The van der Waals surface area contributed by atoms with E-state index in [1.54, 1.807) is 0 Å². The molecule has 1 amide bonds. The Hall–Kier alpha value is -1.35. The van der Waals surface area contributed by atoms with Gasteiger partial charge >= 0.3 is 0 Å². The molecule has 62 valence electrons. The lowest BCUT2D eigenvalue weighted by Crippen LogP contribution is -2.18. The average Bonchev–Trinajstić information content (AvgIpc) is 2.29. The van der Waals surface area contributed by atoms with Gasteiger partial charge in [0.2, 0.25) is 0 Å². The molecule has 3 heteroatoms. The van der Waals surface area contributed by atoms with E-state index in [4.69, 9.17) is 5.21 Å². The molecule has 0 unspecified atom stereocenters. The molecular weight excluding hydrogens is 154 g/mol. The van der Waals surface area contributed by atoms with Crippen LogP contribution in [0.5, 0.6) is 0 Å². The third-order valence-electron chi connectivity index (χ3n) is 2.13. The highest BCUT2D eigenvalue weighted by Gasteiger charge is 2.27. The van der Waals surface area contributed by atoms with Gasteiger partial charge in [-0.3, -0.25) is 10.0 Å². The Kier molecular flexibility index (Phi) is 1.41. The molecule has 1 aliphatic rings. The van der Waals surface area contributed by atoms with Crippen LogP contribution in [-0.4, -0.2) is 16.2 Å². The van der Waals surface area contributed by atoms with E-state index in [0.717, 1.165) is 16.2 Å². The number of rotatable bonds is 0. The maximum absolute atomic E-state index is 11.3. The van der Waals surface area contributed by atoms with Gasteiger partial charge in [-0.15, -0.1) is 0 Å². The second-order valence-corrected chi connectivity index (χ2v) is 2.97. The zero-order valence-electron chi connectivity index (χ0n) is 6.74. The minimum Gasteiger partial charge on any atom is -0.285 e. The number of carbonyl (C=O) groups excluding carboxylic acids is 1. The largest absolute Gasteiger partial charge is 0.285 e. The number of hydrogen-bond donors (Lipinski definition) is 1. The van der Waals surface area contributed by atoms with Gasteiger partial charge in [-0.2, -0.15) is 0 Å². The molecule has 0 aromatic heterocycles. The maximum Gasteiger partial charge on any atom is 0.278 e. The third-order valence-corrected chi connectivity index (χ3v) is 2.13. The van der Waals surface area contributed by atoms with Crippen molar-refractivity contribution in [1.82, 2.24) is 5.06 Å². The first-order valence-electron chi connectivity index (χ1n) is 3.79. The van der Waals surface area contributed by atoms with Crippen molar-refractivity contribution >= 4 is 5.91 Å². The van der Waals surface area contributed by atoms with Crippen molar-refractivity contribution in [3.05, 3.63) is 34.9 Å². The summed E-state index contributed by atoms with van der Waals surface area (Å²) in [4.78, 5) is 11.3. The highest BCUT2D eigenvalue weighted by molar-refractivity contribution is 5.98. The van der Waals surface area contributed by atoms with E-state index >= 15 is 0 Å². The van der Waals surface area contributed by atoms with Gasteiger partial charge in [0.05, 0.1) is 6.54 Å². The summed E-state index contributed by atoms with van der Waals surface area (Å²) in [5, 5.41) is 9.88. The zero-order valence-corrected chi connectivity index (χ0v) is 6.74. The Labute approximate surface area is 70.2 Å². The van der Waals surface area contributed by atoms with E-state index < -0.39 is 0 Å². The number of hydrogen-bond acceptors (Lipinski definition) is 2. The summed E-state index contributed by atoms with van der Waals surface area (Å²) < 4.78 is 0. The van der Waals surface area contributed by atoms with Gasteiger partial charge < -0.3 is 0 Å². The molecule has 3 nitrogen and oxygen atoms in total. The second kappa shape index (κ2) is 2.32. The van der Waals surface area contributed by atoms with Gasteiger partial charge in [0, 0.05) is 5.56 Å². The summed E-state index contributed by atoms with van der Waals surface area (Å²) in [5.41, 5.74) is 2.48. The SMILES string of the molecule is Cc1cccc2c1C(=O)N(O)C2. The Morgan fingerprint density at radius 2 is 2.25 bits per heavy atom. The molecule has 0 saturated heterocycles. The van der Waals surface area contributed by atoms with Gasteiger partial charge in [0.1, 0.15) is 0 Å². The van der Waals surface area contributed by atoms with Gasteiger partial charge in [-0.1, -0.05) is 18.2 Å². The van der Waals surface area contributed by atoms with Gasteiger partial charge in [0.25, 0.3) is 5.91 Å². The maximum atomic E-state index is 11.3. The highest BCUT2D eigenvalue weighted by atomic mass is 16.5. The van der Waals surface area contributed by atoms with Crippen LogP contribution in [0, 0.1) is 6.92 Å². The fourth-order valence-electron chi connectivity index (χ4n) is 1.53. The third kappa shape index (κ3) is 0.833. The van der Waals surface area contributed by atoms with E-state index in [2.05, 4.69) is 0 Å². The summed E-state index contributed by atoms with van der Waals surface area (Å²) in [6.45, 7) is 2.19. The summed E-state index contributed by atoms with van der Waals surface area (Å²) >= 11 is 0. The summed E-state index contributed by atoms with van der Waals surface area (Å²) in [6.07, 6.45) is 0. The van der Waals surface area contributed by atoms with Crippen LogP contribution >= 0.6 is 0 Å². The minimum atomic E-state index is -0.289. The van der Waals surface area contributed by atoms with Crippen molar-refractivity contribution in [3.63, 3.8) is 0 Å². The van der Waals surface area contributed by atoms with E-state index in [1.165, 1.54) is 0 Å². The van der Waals surface area contributed by atoms with Crippen LogP contribution in [0.2, 0.25) is 0 Å². The molecule has 12 heavy (non-hydrogen) atoms. The Bertz CT molecular complexity index is 346. The molecule has 0 saturated carbocycles. The number of aryl methyl sites for hydroxylation is 1. The van der Waals surface area contributed by atoms with E-state index in [0.29, 0.717) is 12.1 Å². The molecule has 0 spiro atoms. The first-order chi connectivity index (χ1) is 5.70. The smallest absolute Gasteiger partial charge is 0.278 e. The van der Waals surface area contributed by atoms with Crippen LogP contribution in [0.3, 0.4) is 0 Å². The zero-order chi connectivity index (χ0) is 8.72. The first kappa shape index (κ1) is 7.31. The molecule has 1 heterocycles. The van der Waals surface area contributed by atoms with Gasteiger partial charge in [-0.25, -0.2) is 5.06 Å². The number of nitrogens with zero attached hydrogens (tertiary/aromatic N) is 1. The molecule has 0 fully saturated rings. The Balaban J connectivity index is 2.62. The van der Waals surface area contributed by atoms with Crippen LogP contribution in [0.25, 0.3) is 0 Å². The summed E-state index contributed by atoms with van der Waals surface area (Å²) in [5.74, 6) is -0.289. The van der Waals surface area contributed by atoms with Crippen LogP contribution in [-0.2, 0) is 6.54 Å². The van der Waals surface area contributed by atoms with Crippen LogP contribution < -0.4 is 0 Å². The number of amides is 1. The lowest BCUT2D eigenvalue weighted by Gasteiger charge is -2.02. The molecule has 1 N–H and O–H groups in total. The predicted octanol–water partition coefficient (Wildman–Crippen LogP) is 1.34. The average molecular weight is 163 g/mol. The summed E-state index contributed by atoms with van der Waals surface area (Å²) in [6, 6.07) is 5.62. The molecule has 2 rings (SSSR count). The highest BCUT2D eigenvalue weighted by Crippen LogP contribution is 2.23. The van der Waals surface area contributed by atoms with Crippen molar-refractivity contribution in [2.24, 2.45) is 0 Å². The number of benzene rings is 1. The van der Waals surface area contributed by atoms with Crippen LogP contribution in [0.4, 0.5) is 0 Å². The quantitative estimate of drug-likeness (QED) is 0.586. The fraction of sp³-hybridized carbons (Fsp3) is 0.222. The molecular formula is C9H9NO2. The molecule has 1 aromatic rings. The fourth-order valence-corrected chi connectivity index (χ4v) is 1.53. The topological polar surface area (TPSA) is 40.5 Å². The Morgan fingerprint density at radius 3 is 2.92 bits per heavy atom. The lowest BCUT2D eigenvalue weighted by atomic mass is 10.0. The molecule has 0 bridgehead atoms. The van der Waals surface area contributed by atoms with Crippen molar-refractivity contribution in [3.8, 4) is 0 Å². The molecule has 0 radical (unpaired) electrons. The number of carbonyl (C=O) groups is 1. The minimum absolute atomic E-state index is 0.289. The van der Waals surface area contributed by atoms with Crippen LogP contribution in [0.15, 0.2) is 18.2 Å². The molecule has 0 atom stereocenters. The standard InChI is InChI=1S/C9H9NO2/c1-6-3-2-4-7-5-10(12)9(11)8(6)7/h2-4,12H,5H2,1H3. The van der Waals surface area contributed by atoms with Crippen molar-refractivity contribution in [1.29, 1.82) is 0 Å². The lowest BCUT2D eigenvalue weighted by molar-refractivity contribution is -0.0579. The van der Waals surface area contributed by atoms with E-state index in [1.807, 2.05) is 25.1 Å². The number of fused-ring (bicyclic) bond motifs is 1. The van der Waals surface area contributed by atoms with Crippen LogP contribution in [0.1, 0.15) is 21.5 Å². The monoisotopic (exact) mass is 163 g/mol. The Morgan fingerprint density at radius 1 is 1.50 bits per heavy atom. The molecule has 1 aliphatic heterocycles.